The molecule has 2 aromatic rings. The van der Waals surface area contributed by atoms with Gasteiger partial charge in [-0.2, -0.15) is 0 Å². The number of ether oxygens (including phenoxy) is 2. The second kappa shape index (κ2) is 11.1. The minimum Gasteiger partial charge on any atom is -0.491 e. The number of rotatable bonds is 11. The average Bonchev–Trinajstić information content (AvgIpc) is 2.69. The molecule has 0 aliphatic rings. The van der Waals surface area contributed by atoms with E-state index in [0.29, 0.717) is 18.0 Å². The summed E-state index contributed by atoms with van der Waals surface area (Å²) in [4.78, 5) is 12.3. The van der Waals surface area contributed by atoms with Crippen LogP contribution < -0.4 is 20.1 Å². The molecule has 0 aromatic heterocycles. The van der Waals surface area contributed by atoms with E-state index in [1.54, 1.807) is 0 Å². The Morgan fingerprint density at radius 2 is 1.81 bits per heavy atom. The van der Waals surface area contributed by atoms with E-state index in [1.165, 1.54) is 0 Å². The van der Waals surface area contributed by atoms with E-state index in [0.717, 1.165) is 30.7 Å². The molecule has 0 aliphatic carbocycles. The number of anilines is 2. The Kier molecular flexibility index (Phi) is 8.49. The molecule has 0 aliphatic heterocycles. The van der Waals surface area contributed by atoms with Gasteiger partial charge in [0.15, 0.2) is 0 Å². The highest BCUT2D eigenvalue weighted by atomic mass is 16.5. The van der Waals surface area contributed by atoms with Crippen molar-refractivity contribution in [3.63, 3.8) is 0 Å². The van der Waals surface area contributed by atoms with Gasteiger partial charge < -0.3 is 20.1 Å². The summed E-state index contributed by atoms with van der Waals surface area (Å²) in [5.41, 5.74) is 1.56. The lowest BCUT2D eigenvalue weighted by atomic mass is 10.2. The van der Waals surface area contributed by atoms with Gasteiger partial charge in [0.05, 0.1) is 24.9 Å². The monoisotopic (exact) mass is 370 g/mol. The molecule has 0 bridgehead atoms. The quantitative estimate of drug-likeness (QED) is 0.541. The number of carbonyl (C=O) groups is 1. The molecule has 1 atom stereocenters. The van der Waals surface area contributed by atoms with Crippen LogP contribution in [-0.4, -0.2) is 25.2 Å². The van der Waals surface area contributed by atoms with Crippen LogP contribution in [0.4, 0.5) is 11.4 Å². The second-order valence-electron chi connectivity index (χ2n) is 6.46. The van der Waals surface area contributed by atoms with Crippen molar-refractivity contribution < 1.29 is 14.3 Å². The topological polar surface area (TPSA) is 59.6 Å². The van der Waals surface area contributed by atoms with E-state index in [2.05, 4.69) is 24.5 Å². The summed E-state index contributed by atoms with van der Waals surface area (Å²) in [6, 6.07) is 15.1. The summed E-state index contributed by atoms with van der Waals surface area (Å²) in [5, 5.41) is 6.02. The number of para-hydroxylation sites is 2. The molecule has 5 nitrogen and oxygen atoms in total. The van der Waals surface area contributed by atoms with Crippen LogP contribution in [0.3, 0.4) is 0 Å². The summed E-state index contributed by atoms with van der Waals surface area (Å²) < 4.78 is 11.5. The van der Waals surface area contributed by atoms with Gasteiger partial charge in [0.1, 0.15) is 11.5 Å². The summed E-state index contributed by atoms with van der Waals surface area (Å²) in [6.07, 6.45) is 3.21. The molecule has 5 heteroatoms. The first kappa shape index (κ1) is 20.6. The van der Waals surface area contributed by atoms with Crippen molar-refractivity contribution in [3.8, 4) is 11.5 Å². The maximum atomic E-state index is 12.3. The molecule has 2 aromatic carbocycles. The van der Waals surface area contributed by atoms with E-state index >= 15 is 0 Å². The van der Waals surface area contributed by atoms with Gasteiger partial charge in [-0.05, 0) is 56.2 Å². The van der Waals surface area contributed by atoms with Gasteiger partial charge in [0.2, 0.25) is 5.91 Å². The van der Waals surface area contributed by atoms with E-state index in [9.17, 15) is 4.79 Å². The molecular formula is C22H30N2O3. The third-order valence-electron chi connectivity index (χ3n) is 4.14. The van der Waals surface area contributed by atoms with Crippen LogP contribution in [0.15, 0.2) is 48.5 Å². The number of hydrogen-bond acceptors (Lipinski definition) is 4. The van der Waals surface area contributed by atoms with Crippen molar-refractivity contribution in [2.75, 3.05) is 23.8 Å². The molecule has 0 radical (unpaired) electrons. The minimum atomic E-state index is -0.124. The third kappa shape index (κ3) is 7.21. The number of hydrogen-bond donors (Lipinski definition) is 2. The summed E-state index contributed by atoms with van der Waals surface area (Å²) in [5.74, 6) is 1.41. The van der Waals surface area contributed by atoms with Crippen molar-refractivity contribution in [1.82, 2.24) is 0 Å². The maximum absolute atomic E-state index is 12.3. The Morgan fingerprint density at radius 1 is 1.07 bits per heavy atom. The highest BCUT2D eigenvalue weighted by molar-refractivity contribution is 5.95. The fourth-order valence-electron chi connectivity index (χ4n) is 2.37. The number of carbonyl (C=O) groups excluding carboxylic acids is 1. The molecule has 1 unspecified atom stereocenters. The largest absolute Gasteiger partial charge is 0.491 e. The first-order valence-corrected chi connectivity index (χ1v) is 9.64. The van der Waals surface area contributed by atoms with Crippen LogP contribution in [0.25, 0.3) is 0 Å². The lowest BCUT2D eigenvalue weighted by Crippen LogP contribution is -2.22. The Hall–Kier alpha value is -2.69. The van der Waals surface area contributed by atoms with Crippen molar-refractivity contribution in [2.24, 2.45) is 0 Å². The Morgan fingerprint density at radius 3 is 2.52 bits per heavy atom. The Labute approximate surface area is 162 Å². The number of amides is 1. The molecular weight excluding hydrogens is 340 g/mol. The molecule has 0 spiro atoms. The molecule has 0 heterocycles. The number of unbranched alkanes of at least 4 members (excludes halogenated alkanes) is 1. The van der Waals surface area contributed by atoms with Crippen LogP contribution in [-0.2, 0) is 4.79 Å². The average molecular weight is 370 g/mol. The van der Waals surface area contributed by atoms with Crippen molar-refractivity contribution in [2.45, 2.75) is 46.1 Å². The fourth-order valence-corrected chi connectivity index (χ4v) is 2.37. The van der Waals surface area contributed by atoms with E-state index in [4.69, 9.17) is 9.47 Å². The molecule has 0 saturated heterocycles. The molecule has 27 heavy (non-hydrogen) atoms. The van der Waals surface area contributed by atoms with Crippen molar-refractivity contribution in [1.29, 1.82) is 0 Å². The van der Waals surface area contributed by atoms with Gasteiger partial charge >= 0.3 is 0 Å². The normalized spacial score (nSPS) is 11.5. The van der Waals surface area contributed by atoms with Gasteiger partial charge in [-0.25, -0.2) is 0 Å². The third-order valence-corrected chi connectivity index (χ3v) is 4.14. The van der Waals surface area contributed by atoms with Gasteiger partial charge in [-0.15, -0.1) is 0 Å². The molecule has 146 valence electrons. The van der Waals surface area contributed by atoms with Gasteiger partial charge in [0.25, 0.3) is 0 Å². The number of benzene rings is 2. The predicted molar refractivity (Wildman–Crippen MR) is 111 cm³/mol. The second-order valence-corrected chi connectivity index (χ2v) is 6.46. The van der Waals surface area contributed by atoms with E-state index < -0.39 is 0 Å². The van der Waals surface area contributed by atoms with Gasteiger partial charge in [-0.3, -0.25) is 4.79 Å². The zero-order valence-corrected chi connectivity index (χ0v) is 16.5. The zero-order chi connectivity index (χ0) is 19.5. The highest BCUT2D eigenvalue weighted by Crippen LogP contribution is 2.24. The lowest BCUT2D eigenvalue weighted by molar-refractivity contribution is -0.114. The van der Waals surface area contributed by atoms with Crippen LogP contribution in [0.5, 0.6) is 11.5 Å². The number of nitrogens with one attached hydrogen (secondary N) is 2. The van der Waals surface area contributed by atoms with Gasteiger partial charge in [-0.1, -0.05) is 32.4 Å². The zero-order valence-electron chi connectivity index (χ0n) is 16.5. The summed E-state index contributed by atoms with van der Waals surface area (Å²) in [7, 11) is 0. The van der Waals surface area contributed by atoms with Crippen LogP contribution in [0.2, 0.25) is 0 Å². The van der Waals surface area contributed by atoms with Crippen molar-refractivity contribution in [3.05, 3.63) is 48.5 Å². The summed E-state index contributed by atoms with van der Waals surface area (Å²) in [6.45, 7) is 7.07. The molecule has 0 saturated carbocycles. The first-order chi connectivity index (χ1) is 13.1. The van der Waals surface area contributed by atoms with E-state index in [-0.39, 0.29) is 18.6 Å². The van der Waals surface area contributed by atoms with Crippen molar-refractivity contribution >= 4 is 17.3 Å². The Bertz CT molecular complexity index is 701. The van der Waals surface area contributed by atoms with E-state index in [1.807, 2.05) is 55.5 Å². The molecule has 1 amide bonds. The Balaban J connectivity index is 1.84. The van der Waals surface area contributed by atoms with Gasteiger partial charge in [0, 0.05) is 5.69 Å². The minimum absolute atomic E-state index is 0.124. The lowest BCUT2D eigenvalue weighted by Gasteiger charge is -2.14. The predicted octanol–water partition coefficient (Wildman–Crippen LogP) is 5.09. The highest BCUT2D eigenvalue weighted by Gasteiger charge is 2.08. The summed E-state index contributed by atoms with van der Waals surface area (Å²) >= 11 is 0. The fraction of sp³-hybridized carbons (Fsp3) is 0.409. The first-order valence-electron chi connectivity index (χ1n) is 9.64. The maximum Gasteiger partial charge on any atom is 0.243 e. The van der Waals surface area contributed by atoms with Crippen LogP contribution >= 0.6 is 0 Å². The van der Waals surface area contributed by atoms with Crippen LogP contribution in [0, 0.1) is 0 Å². The molecule has 2 N–H and O–H groups in total. The van der Waals surface area contributed by atoms with Crippen LogP contribution in [0.1, 0.15) is 40.0 Å². The SMILES string of the molecule is CCCCOc1ccccc1NC(=O)CNc1ccc(OC(C)CC)cc1. The standard InChI is InChI=1S/C22H30N2O3/c1-4-6-15-26-21-10-8-7-9-20(21)24-22(25)16-23-18-11-13-19(14-12-18)27-17(3)5-2/h7-14,17,23H,4-6,15-16H2,1-3H3,(H,24,25). The smallest absolute Gasteiger partial charge is 0.243 e. The molecule has 0 fully saturated rings. The molecule has 2 rings (SSSR count).